The fraction of sp³-hybridized carbons (Fsp3) is 0.770. The van der Waals surface area contributed by atoms with Crippen LogP contribution in [0.2, 0.25) is 0 Å². The molecule has 0 aliphatic carbocycles. The number of allylic oxidation sites excluding steroid dienone is 15. The Balaban J connectivity index is 1.65. The van der Waals surface area contributed by atoms with E-state index in [0.717, 1.165) is 70.6 Å². The first-order valence-corrected chi connectivity index (χ1v) is 35.5. The smallest absolute Gasteiger partial charge is 0.220 e. The van der Waals surface area contributed by atoms with E-state index in [-0.39, 0.29) is 18.9 Å². The molecule has 1 amide bonds. The van der Waals surface area contributed by atoms with Gasteiger partial charge in [0.1, 0.15) is 48.8 Å². The van der Waals surface area contributed by atoms with E-state index in [1.165, 1.54) is 167 Å². The molecule has 0 aromatic rings. The standard InChI is InChI=1S/C74H129NO13/c1-3-5-7-9-11-13-15-17-19-21-23-24-25-26-27-28-29-30-31-32-33-34-35-36-37-38-40-42-44-46-48-50-52-54-56-58-66(79)75-62(63(78)57-55-53-51-49-47-45-43-41-39-22-20-18-16-14-12-10-8-6-4-2)61-85-73-71(84)69(82)72(65(60-77)87-73)88-74-70(83)68(81)67(80)64(59-76)86-74/h5,7,11,13,17,19,23-24,26-27,29-30,47,49,55,57,62-65,67-74,76-78,80-84H,3-4,6,8-10,12,14-16,18,20-22,25,28,31-46,48,50-54,56,58-61H2,1-2H3,(H,75,79)/b7-5-,13-11-,19-17-,24-23-,27-26-,30-29-,49-47+,57-55+. The van der Waals surface area contributed by atoms with E-state index in [9.17, 15) is 45.6 Å². The van der Waals surface area contributed by atoms with Crippen molar-refractivity contribution in [3.8, 4) is 0 Å². The molecule has 0 saturated carbocycles. The Morgan fingerprint density at radius 1 is 0.420 bits per heavy atom. The van der Waals surface area contributed by atoms with Crippen LogP contribution in [0.1, 0.15) is 271 Å². The van der Waals surface area contributed by atoms with E-state index in [1.807, 2.05) is 6.08 Å². The first kappa shape index (κ1) is 81.0. The SMILES string of the molecule is CC/C=C\C/C=C\C/C=C\C/C=C\C/C=C\C/C=C\CCCCCCCCCCCCCCCCCCC(=O)NC(COC1OC(CO)C(OC2OC(CO)C(O)C(O)C2O)C(O)C1O)C(O)/C=C/CC/C=C/CCCCCCCCCCCCCCC. The van der Waals surface area contributed by atoms with Crippen LogP contribution in [0.25, 0.3) is 0 Å². The number of rotatable bonds is 57. The molecule has 2 aliphatic rings. The van der Waals surface area contributed by atoms with Crippen molar-refractivity contribution in [2.45, 2.75) is 344 Å². The van der Waals surface area contributed by atoms with Crippen LogP contribution >= 0.6 is 0 Å². The lowest BCUT2D eigenvalue weighted by molar-refractivity contribution is -0.359. The van der Waals surface area contributed by atoms with E-state index < -0.39 is 86.8 Å². The number of hydrogen-bond acceptors (Lipinski definition) is 13. The summed E-state index contributed by atoms with van der Waals surface area (Å²) in [6.07, 6.45) is 64.6. The number of aliphatic hydroxyl groups excluding tert-OH is 8. The molecule has 12 atom stereocenters. The van der Waals surface area contributed by atoms with Crippen molar-refractivity contribution in [2.75, 3.05) is 19.8 Å². The van der Waals surface area contributed by atoms with Gasteiger partial charge >= 0.3 is 0 Å². The molecule has 2 aliphatic heterocycles. The van der Waals surface area contributed by atoms with Crippen molar-refractivity contribution in [3.05, 3.63) is 97.2 Å². The first-order chi connectivity index (χ1) is 43.1. The third-order valence-corrected chi connectivity index (χ3v) is 16.8. The summed E-state index contributed by atoms with van der Waals surface area (Å²) >= 11 is 0. The molecule has 0 spiro atoms. The van der Waals surface area contributed by atoms with Crippen molar-refractivity contribution in [3.63, 3.8) is 0 Å². The molecule has 88 heavy (non-hydrogen) atoms. The third-order valence-electron chi connectivity index (χ3n) is 16.8. The van der Waals surface area contributed by atoms with Crippen LogP contribution in [0.3, 0.4) is 0 Å². The maximum Gasteiger partial charge on any atom is 0.220 e. The molecule has 508 valence electrons. The zero-order valence-electron chi connectivity index (χ0n) is 55.2. The molecule has 2 heterocycles. The molecule has 0 radical (unpaired) electrons. The average Bonchev–Trinajstić information content (AvgIpc) is 1.84. The Bertz CT molecular complexity index is 1850. The van der Waals surface area contributed by atoms with Gasteiger partial charge in [-0.15, -0.1) is 0 Å². The average molecular weight is 1240 g/mol. The summed E-state index contributed by atoms with van der Waals surface area (Å²) in [6, 6.07) is -0.937. The van der Waals surface area contributed by atoms with Gasteiger partial charge in [-0.05, 0) is 83.5 Å². The zero-order chi connectivity index (χ0) is 63.8. The molecule has 0 aromatic heterocycles. The highest BCUT2D eigenvalue weighted by molar-refractivity contribution is 5.76. The molecule has 12 unspecified atom stereocenters. The van der Waals surface area contributed by atoms with Gasteiger partial charge in [0.25, 0.3) is 0 Å². The highest BCUT2D eigenvalue weighted by Crippen LogP contribution is 2.30. The second-order valence-corrected chi connectivity index (χ2v) is 24.6. The molecule has 9 N–H and O–H groups in total. The minimum Gasteiger partial charge on any atom is -0.394 e. The largest absolute Gasteiger partial charge is 0.394 e. The van der Waals surface area contributed by atoms with E-state index in [0.29, 0.717) is 12.8 Å². The van der Waals surface area contributed by atoms with Gasteiger partial charge in [0.05, 0.1) is 32.0 Å². The second-order valence-electron chi connectivity index (χ2n) is 24.6. The highest BCUT2D eigenvalue weighted by atomic mass is 16.7. The van der Waals surface area contributed by atoms with Gasteiger partial charge in [-0.25, -0.2) is 0 Å². The van der Waals surface area contributed by atoms with Crippen molar-refractivity contribution in [1.82, 2.24) is 5.32 Å². The number of unbranched alkanes of at least 4 members (excludes halogenated alkanes) is 30. The normalized spacial score (nSPS) is 23.8. The summed E-state index contributed by atoms with van der Waals surface area (Å²) in [4.78, 5) is 13.3. The van der Waals surface area contributed by atoms with Gasteiger partial charge in [0, 0.05) is 6.42 Å². The number of ether oxygens (including phenoxy) is 4. The Labute approximate surface area is 534 Å². The van der Waals surface area contributed by atoms with Crippen LogP contribution in [-0.2, 0) is 23.7 Å². The summed E-state index contributed by atoms with van der Waals surface area (Å²) < 4.78 is 22.8. The zero-order valence-corrected chi connectivity index (χ0v) is 55.2. The predicted molar refractivity (Wildman–Crippen MR) is 359 cm³/mol. The summed E-state index contributed by atoms with van der Waals surface area (Å²) in [5, 5.41) is 87.4. The van der Waals surface area contributed by atoms with Crippen LogP contribution < -0.4 is 5.32 Å². The minimum absolute atomic E-state index is 0.250. The van der Waals surface area contributed by atoms with Gasteiger partial charge in [-0.3, -0.25) is 4.79 Å². The maximum absolute atomic E-state index is 13.3. The van der Waals surface area contributed by atoms with Crippen molar-refractivity contribution in [1.29, 1.82) is 0 Å². The molecule has 2 saturated heterocycles. The summed E-state index contributed by atoms with van der Waals surface area (Å²) in [7, 11) is 0. The lowest BCUT2D eigenvalue weighted by Gasteiger charge is -2.46. The summed E-state index contributed by atoms with van der Waals surface area (Å²) in [6.45, 7) is 2.68. The van der Waals surface area contributed by atoms with Crippen LogP contribution in [0, 0.1) is 0 Å². The second kappa shape index (κ2) is 57.8. The molecule has 14 nitrogen and oxygen atoms in total. The van der Waals surface area contributed by atoms with Crippen LogP contribution in [0.5, 0.6) is 0 Å². The van der Waals surface area contributed by atoms with E-state index in [4.69, 9.17) is 18.9 Å². The monoisotopic (exact) mass is 1240 g/mol. The van der Waals surface area contributed by atoms with Gasteiger partial charge in [0.2, 0.25) is 5.91 Å². The maximum atomic E-state index is 13.3. The van der Waals surface area contributed by atoms with Crippen molar-refractivity contribution in [2.24, 2.45) is 0 Å². The number of amides is 1. The fourth-order valence-corrected chi connectivity index (χ4v) is 11.1. The number of nitrogens with one attached hydrogen (secondary N) is 1. The lowest BCUT2D eigenvalue weighted by Crippen LogP contribution is -2.65. The summed E-state index contributed by atoms with van der Waals surface area (Å²) in [5.41, 5.74) is 0. The third kappa shape index (κ3) is 41.4. The van der Waals surface area contributed by atoms with E-state index >= 15 is 0 Å². The number of carbonyl (C=O) groups excluding carboxylic acids is 1. The molecule has 14 heteroatoms. The molecule has 0 aromatic carbocycles. The van der Waals surface area contributed by atoms with Gasteiger partial charge < -0.3 is 65.1 Å². The minimum atomic E-state index is -1.79. The van der Waals surface area contributed by atoms with Gasteiger partial charge in [-0.1, -0.05) is 278 Å². The summed E-state index contributed by atoms with van der Waals surface area (Å²) in [5.74, 6) is -0.250. The van der Waals surface area contributed by atoms with Crippen LogP contribution in [-0.4, -0.2) is 140 Å². The first-order valence-electron chi connectivity index (χ1n) is 35.5. The highest BCUT2D eigenvalue weighted by Gasteiger charge is 2.51. The lowest BCUT2D eigenvalue weighted by atomic mass is 9.97. The fourth-order valence-electron chi connectivity index (χ4n) is 11.1. The number of aliphatic hydroxyl groups is 8. The van der Waals surface area contributed by atoms with Crippen molar-refractivity contribution < 1.29 is 64.6 Å². The topological polar surface area (TPSA) is 228 Å². The molecule has 2 fully saturated rings. The molecule has 2 rings (SSSR count). The Morgan fingerprint density at radius 2 is 0.795 bits per heavy atom. The Hall–Kier alpha value is -3.09. The predicted octanol–water partition coefficient (Wildman–Crippen LogP) is 14.6. The number of carbonyl (C=O) groups is 1. The molecule has 0 bridgehead atoms. The Morgan fingerprint density at radius 3 is 1.25 bits per heavy atom. The van der Waals surface area contributed by atoms with Crippen LogP contribution in [0.15, 0.2) is 97.2 Å². The van der Waals surface area contributed by atoms with Gasteiger partial charge in [-0.2, -0.15) is 0 Å². The molecular weight excluding hydrogens is 1110 g/mol. The van der Waals surface area contributed by atoms with Crippen LogP contribution in [0.4, 0.5) is 0 Å². The van der Waals surface area contributed by atoms with E-state index in [1.54, 1.807) is 6.08 Å². The van der Waals surface area contributed by atoms with Crippen molar-refractivity contribution >= 4 is 5.91 Å². The van der Waals surface area contributed by atoms with Gasteiger partial charge in [0.15, 0.2) is 12.6 Å². The van der Waals surface area contributed by atoms with E-state index in [2.05, 4.69) is 104 Å². The quantitative estimate of drug-likeness (QED) is 0.0204. The molecular formula is C74H129NO13. The Kier molecular flexibility index (Phi) is 53.2. The number of hydrogen-bond donors (Lipinski definition) is 9.